The van der Waals surface area contributed by atoms with Crippen molar-refractivity contribution in [2.45, 2.75) is 26.4 Å². The van der Waals surface area contributed by atoms with Gasteiger partial charge in [0.1, 0.15) is 0 Å². The smallest absolute Gasteiger partial charge is 0.390 e. The molecule has 0 unspecified atom stereocenters. The summed E-state index contributed by atoms with van der Waals surface area (Å²) >= 11 is 0. The van der Waals surface area contributed by atoms with E-state index in [9.17, 15) is 27.9 Å². The number of halogens is 3. The van der Waals surface area contributed by atoms with Crippen LogP contribution in [0.25, 0.3) is 28.0 Å². The van der Waals surface area contributed by atoms with Gasteiger partial charge in [0, 0.05) is 36.5 Å². The molecular formula is C27H25F3N4O3. The second-order valence-corrected chi connectivity index (χ2v) is 8.72. The number of carbonyl (C=O) groups excluding carboxylic acids is 1. The zero-order chi connectivity index (χ0) is 26.9. The molecule has 0 bridgehead atoms. The van der Waals surface area contributed by atoms with Crippen LogP contribution in [0.4, 0.5) is 18.9 Å². The molecule has 0 atom stereocenters. The molecular weight excluding hydrogens is 485 g/mol. The van der Waals surface area contributed by atoms with Gasteiger partial charge in [-0.3, -0.25) is 9.20 Å². The number of rotatable bonds is 7. The molecule has 0 saturated heterocycles. The molecule has 3 N–H and O–H groups in total. The van der Waals surface area contributed by atoms with Crippen molar-refractivity contribution in [1.29, 1.82) is 0 Å². The van der Waals surface area contributed by atoms with Crippen molar-refractivity contribution in [2.75, 3.05) is 18.9 Å². The number of aromatic carboxylic acids is 1. The van der Waals surface area contributed by atoms with E-state index in [1.165, 1.54) is 6.07 Å². The molecule has 1 amide bonds. The van der Waals surface area contributed by atoms with Crippen LogP contribution in [0.1, 0.15) is 38.3 Å². The molecule has 2 heterocycles. The molecule has 37 heavy (non-hydrogen) atoms. The van der Waals surface area contributed by atoms with Gasteiger partial charge in [-0.1, -0.05) is 18.2 Å². The number of benzene rings is 2. The summed E-state index contributed by atoms with van der Waals surface area (Å²) in [5, 5.41) is 14.8. The first kappa shape index (κ1) is 25.7. The van der Waals surface area contributed by atoms with Gasteiger partial charge < -0.3 is 15.7 Å². The molecule has 7 nitrogen and oxygen atoms in total. The number of aromatic nitrogens is 2. The first-order chi connectivity index (χ1) is 17.5. The Balaban J connectivity index is 1.85. The molecule has 192 valence electrons. The van der Waals surface area contributed by atoms with Crippen LogP contribution >= 0.6 is 0 Å². The van der Waals surface area contributed by atoms with Crippen molar-refractivity contribution in [3.05, 3.63) is 77.1 Å². The van der Waals surface area contributed by atoms with E-state index in [1.54, 1.807) is 54.9 Å². The van der Waals surface area contributed by atoms with Gasteiger partial charge in [0.2, 0.25) is 0 Å². The standard InChI is InChI=1S/C27H25F3N4O3/c1-15-11-18(5-6-20(15)25(35)31-3)23-13-33-24-22(32-9-8-27(28,29)30)12-19(14-34(23)24)17-4-7-21(26(36)37)16(2)10-17/h4-7,10-14,32H,8-9H2,1-3H3,(H,31,35)(H,36,37). The van der Waals surface area contributed by atoms with Gasteiger partial charge in [0.15, 0.2) is 5.65 Å². The molecule has 0 spiro atoms. The molecule has 0 aliphatic heterocycles. The van der Waals surface area contributed by atoms with Crippen LogP contribution in [0.2, 0.25) is 0 Å². The topological polar surface area (TPSA) is 95.7 Å². The zero-order valence-corrected chi connectivity index (χ0v) is 20.4. The highest BCUT2D eigenvalue weighted by Crippen LogP contribution is 2.32. The summed E-state index contributed by atoms with van der Waals surface area (Å²) < 4.78 is 40.2. The normalized spacial score (nSPS) is 11.5. The van der Waals surface area contributed by atoms with Crippen LogP contribution < -0.4 is 10.6 Å². The third-order valence-corrected chi connectivity index (χ3v) is 6.11. The number of nitrogens with one attached hydrogen (secondary N) is 2. The maximum absolute atomic E-state index is 12.8. The van der Waals surface area contributed by atoms with E-state index >= 15 is 0 Å². The largest absolute Gasteiger partial charge is 0.478 e. The fourth-order valence-corrected chi connectivity index (χ4v) is 4.22. The first-order valence-electron chi connectivity index (χ1n) is 11.5. The van der Waals surface area contributed by atoms with Crippen LogP contribution in [0.15, 0.2) is 54.9 Å². The second kappa shape index (κ2) is 9.96. The van der Waals surface area contributed by atoms with E-state index in [2.05, 4.69) is 15.6 Å². The van der Waals surface area contributed by atoms with Crippen molar-refractivity contribution in [2.24, 2.45) is 0 Å². The number of anilines is 1. The zero-order valence-electron chi connectivity index (χ0n) is 20.4. The van der Waals surface area contributed by atoms with E-state index in [1.807, 2.05) is 19.2 Å². The van der Waals surface area contributed by atoms with Gasteiger partial charge in [-0.05, 0) is 54.8 Å². The molecule has 2 aromatic heterocycles. The Morgan fingerprint density at radius 2 is 1.62 bits per heavy atom. The summed E-state index contributed by atoms with van der Waals surface area (Å²) in [7, 11) is 1.56. The number of hydrogen-bond acceptors (Lipinski definition) is 4. The lowest BCUT2D eigenvalue weighted by Gasteiger charge is -2.14. The molecule has 0 aliphatic carbocycles. The van der Waals surface area contributed by atoms with Crippen LogP contribution in [-0.4, -0.2) is 46.1 Å². The Kier molecular flexibility index (Phi) is 6.93. The second-order valence-electron chi connectivity index (χ2n) is 8.72. The van der Waals surface area contributed by atoms with Crippen LogP contribution in [0.3, 0.4) is 0 Å². The van der Waals surface area contributed by atoms with Crippen LogP contribution in [0, 0.1) is 13.8 Å². The van der Waals surface area contributed by atoms with E-state index < -0.39 is 18.6 Å². The number of pyridine rings is 1. The predicted octanol–water partition coefficient (Wildman–Crippen LogP) is 5.71. The van der Waals surface area contributed by atoms with Gasteiger partial charge in [-0.25, -0.2) is 9.78 Å². The molecule has 10 heteroatoms. The first-order valence-corrected chi connectivity index (χ1v) is 11.5. The van der Waals surface area contributed by atoms with Gasteiger partial charge in [0.05, 0.1) is 29.6 Å². The molecule has 0 radical (unpaired) electrons. The Bertz CT molecular complexity index is 1510. The average molecular weight is 511 g/mol. The Hall–Kier alpha value is -4.34. The van der Waals surface area contributed by atoms with E-state index in [4.69, 9.17) is 0 Å². The fourth-order valence-electron chi connectivity index (χ4n) is 4.22. The highest BCUT2D eigenvalue weighted by Gasteiger charge is 2.26. The number of carboxylic acid groups (broad SMARTS) is 1. The monoisotopic (exact) mass is 510 g/mol. The summed E-state index contributed by atoms with van der Waals surface area (Å²) in [6, 6.07) is 11.9. The van der Waals surface area contributed by atoms with Gasteiger partial charge >= 0.3 is 12.1 Å². The van der Waals surface area contributed by atoms with Gasteiger partial charge in [-0.15, -0.1) is 0 Å². The van der Waals surface area contributed by atoms with Gasteiger partial charge in [-0.2, -0.15) is 13.2 Å². The molecule has 4 aromatic rings. The quantitative estimate of drug-likeness (QED) is 0.296. The number of hydrogen-bond donors (Lipinski definition) is 3. The van der Waals surface area contributed by atoms with Gasteiger partial charge in [0.25, 0.3) is 5.91 Å². The molecule has 0 aliphatic rings. The van der Waals surface area contributed by atoms with Crippen molar-refractivity contribution in [1.82, 2.24) is 14.7 Å². The average Bonchev–Trinajstić information content (AvgIpc) is 3.26. The lowest BCUT2D eigenvalue weighted by Crippen LogP contribution is -2.18. The number of carbonyl (C=O) groups is 2. The number of fused-ring (bicyclic) bond motifs is 1. The lowest BCUT2D eigenvalue weighted by atomic mass is 10.0. The minimum absolute atomic E-state index is 0.170. The maximum atomic E-state index is 12.8. The van der Waals surface area contributed by atoms with Crippen molar-refractivity contribution in [3.8, 4) is 22.4 Å². The van der Waals surface area contributed by atoms with Crippen LogP contribution in [-0.2, 0) is 0 Å². The van der Waals surface area contributed by atoms with Crippen LogP contribution in [0.5, 0.6) is 0 Å². The Morgan fingerprint density at radius 1 is 0.973 bits per heavy atom. The molecule has 0 saturated carbocycles. The Labute approximate surface area is 211 Å². The van der Waals surface area contributed by atoms with E-state index in [0.29, 0.717) is 39.3 Å². The molecule has 0 fully saturated rings. The third kappa shape index (κ3) is 5.42. The number of nitrogens with zero attached hydrogens (tertiary/aromatic N) is 2. The highest BCUT2D eigenvalue weighted by molar-refractivity contribution is 5.96. The maximum Gasteiger partial charge on any atom is 0.390 e. The number of carboxylic acids is 1. The number of alkyl halides is 3. The third-order valence-electron chi connectivity index (χ3n) is 6.11. The fraction of sp³-hybridized carbons (Fsp3) is 0.222. The SMILES string of the molecule is CNC(=O)c1ccc(-c2cnc3c(NCCC(F)(F)F)cc(-c4ccc(C(=O)O)c(C)c4)cn23)cc1C. The summed E-state index contributed by atoms with van der Waals surface area (Å²) in [6.07, 6.45) is -1.89. The van der Waals surface area contributed by atoms with Crippen molar-refractivity contribution >= 4 is 23.2 Å². The highest BCUT2D eigenvalue weighted by atomic mass is 19.4. The minimum Gasteiger partial charge on any atom is -0.478 e. The summed E-state index contributed by atoms with van der Waals surface area (Å²) in [6.45, 7) is 3.18. The summed E-state index contributed by atoms with van der Waals surface area (Å²) in [5.41, 5.74) is 5.69. The van der Waals surface area contributed by atoms with Crippen molar-refractivity contribution < 1.29 is 27.9 Å². The number of aryl methyl sites for hydroxylation is 2. The molecule has 2 aromatic carbocycles. The minimum atomic E-state index is -4.31. The Morgan fingerprint density at radius 3 is 2.24 bits per heavy atom. The lowest BCUT2D eigenvalue weighted by molar-refractivity contribution is -0.131. The number of imidazole rings is 1. The summed E-state index contributed by atoms with van der Waals surface area (Å²) in [5.74, 6) is -1.25. The molecule has 4 rings (SSSR count). The number of amides is 1. The predicted molar refractivity (Wildman–Crippen MR) is 135 cm³/mol. The van der Waals surface area contributed by atoms with Crippen molar-refractivity contribution in [3.63, 3.8) is 0 Å². The van der Waals surface area contributed by atoms with E-state index in [0.717, 1.165) is 11.1 Å². The van der Waals surface area contributed by atoms with E-state index in [-0.39, 0.29) is 18.0 Å². The summed E-state index contributed by atoms with van der Waals surface area (Å²) in [4.78, 5) is 28.0.